The number of hydrogen-bond acceptors (Lipinski definition) is 2. The van der Waals surface area contributed by atoms with E-state index in [-0.39, 0.29) is 13.1 Å². The summed E-state index contributed by atoms with van der Waals surface area (Å²) in [6.45, 7) is 0.465. The predicted molar refractivity (Wildman–Crippen MR) is 57.5 cm³/mol. The number of carbonyl (C=O) groups is 1. The number of aliphatic hydroxyl groups is 1. The van der Waals surface area contributed by atoms with Gasteiger partial charge in [-0.1, -0.05) is 0 Å². The fourth-order valence-corrected chi connectivity index (χ4v) is 1.97. The van der Waals surface area contributed by atoms with Crippen molar-refractivity contribution in [2.45, 2.75) is 18.9 Å². The smallest absolute Gasteiger partial charge is 0.259 e. The maximum atomic E-state index is 13.4. The maximum Gasteiger partial charge on any atom is 0.259 e. The number of aliphatic hydroxyl groups excluding tert-OH is 1. The van der Waals surface area contributed by atoms with E-state index in [4.69, 9.17) is 0 Å². The van der Waals surface area contributed by atoms with Gasteiger partial charge in [0.25, 0.3) is 5.91 Å². The quantitative estimate of drug-likeness (QED) is 0.834. The third-order valence-corrected chi connectivity index (χ3v) is 2.97. The lowest BCUT2D eigenvalue weighted by Gasteiger charge is -2.29. The average Bonchev–Trinajstić information content (AvgIpc) is 2.28. The van der Waals surface area contributed by atoms with Crippen LogP contribution in [0.4, 0.5) is 13.2 Å². The lowest BCUT2D eigenvalue weighted by Crippen LogP contribution is -2.40. The molecule has 0 unspecified atom stereocenters. The number of carbonyl (C=O) groups excluding carboxylic acids is 1. The highest BCUT2D eigenvalue weighted by atomic mass is 19.1. The Morgan fingerprint density at radius 2 is 1.67 bits per heavy atom. The van der Waals surface area contributed by atoms with Crippen molar-refractivity contribution in [2.24, 2.45) is 0 Å². The number of hydrogen-bond donors (Lipinski definition) is 1. The normalized spacial score (nSPS) is 17.0. The van der Waals surface area contributed by atoms with Crippen molar-refractivity contribution in [3.63, 3.8) is 0 Å². The molecule has 0 spiro atoms. The molecule has 0 bridgehead atoms. The summed E-state index contributed by atoms with van der Waals surface area (Å²) in [5.41, 5.74) is -0.743. The molecule has 0 radical (unpaired) electrons. The SMILES string of the molecule is O=C(c1c(F)cc(F)cc1F)N1CCC(O)CC1. The Morgan fingerprint density at radius 3 is 2.17 bits per heavy atom. The number of amides is 1. The molecule has 18 heavy (non-hydrogen) atoms. The molecule has 1 aromatic carbocycles. The zero-order chi connectivity index (χ0) is 13.3. The average molecular weight is 259 g/mol. The minimum absolute atomic E-state index is 0.232. The van der Waals surface area contributed by atoms with Crippen LogP contribution >= 0.6 is 0 Å². The second-order valence-corrected chi connectivity index (χ2v) is 4.27. The van der Waals surface area contributed by atoms with E-state index >= 15 is 0 Å². The minimum Gasteiger partial charge on any atom is -0.393 e. The summed E-state index contributed by atoms with van der Waals surface area (Å²) < 4.78 is 39.6. The van der Waals surface area contributed by atoms with Crippen molar-refractivity contribution in [2.75, 3.05) is 13.1 Å². The monoisotopic (exact) mass is 259 g/mol. The Hall–Kier alpha value is -1.56. The molecule has 1 aliphatic heterocycles. The number of halogens is 3. The second kappa shape index (κ2) is 4.97. The van der Waals surface area contributed by atoms with Crippen molar-refractivity contribution in [3.05, 3.63) is 35.1 Å². The largest absolute Gasteiger partial charge is 0.393 e. The molecular formula is C12H12F3NO2. The van der Waals surface area contributed by atoms with Crippen LogP contribution < -0.4 is 0 Å². The van der Waals surface area contributed by atoms with Crippen LogP contribution in [0.3, 0.4) is 0 Å². The van der Waals surface area contributed by atoms with E-state index in [2.05, 4.69) is 0 Å². The fraction of sp³-hybridized carbons (Fsp3) is 0.417. The van der Waals surface area contributed by atoms with Crippen LogP contribution in [0.1, 0.15) is 23.2 Å². The van der Waals surface area contributed by atoms with Gasteiger partial charge in [0.15, 0.2) is 0 Å². The number of piperidine rings is 1. The molecule has 2 rings (SSSR count). The van der Waals surface area contributed by atoms with E-state index in [0.29, 0.717) is 25.0 Å². The fourth-order valence-electron chi connectivity index (χ4n) is 1.97. The molecule has 3 nitrogen and oxygen atoms in total. The highest BCUT2D eigenvalue weighted by Gasteiger charge is 2.27. The molecular weight excluding hydrogens is 247 g/mol. The first-order valence-corrected chi connectivity index (χ1v) is 5.61. The third kappa shape index (κ3) is 2.48. The van der Waals surface area contributed by atoms with Crippen molar-refractivity contribution in [3.8, 4) is 0 Å². The van der Waals surface area contributed by atoms with Crippen LogP contribution in [-0.2, 0) is 0 Å². The molecule has 98 valence electrons. The Balaban J connectivity index is 2.24. The van der Waals surface area contributed by atoms with Gasteiger partial charge >= 0.3 is 0 Å². The third-order valence-electron chi connectivity index (χ3n) is 2.97. The molecule has 1 aliphatic rings. The molecule has 0 saturated carbocycles. The Bertz CT molecular complexity index is 447. The Kier molecular flexibility index (Phi) is 3.56. The lowest BCUT2D eigenvalue weighted by atomic mass is 10.1. The Labute approximate surface area is 102 Å². The summed E-state index contributed by atoms with van der Waals surface area (Å²) in [4.78, 5) is 13.2. The number of rotatable bonds is 1. The molecule has 1 heterocycles. The van der Waals surface area contributed by atoms with Gasteiger partial charge in [0.1, 0.15) is 23.0 Å². The van der Waals surface area contributed by atoms with Gasteiger partial charge in [-0.2, -0.15) is 0 Å². The molecule has 6 heteroatoms. The molecule has 1 N–H and O–H groups in total. The molecule has 1 aromatic rings. The number of likely N-dealkylation sites (tertiary alicyclic amines) is 1. The van der Waals surface area contributed by atoms with Crippen LogP contribution in [0.25, 0.3) is 0 Å². The van der Waals surface area contributed by atoms with Crippen molar-refractivity contribution < 1.29 is 23.1 Å². The van der Waals surface area contributed by atoms with Crippen LogP contribution in [-0.4, -0.2) is 35.1 Å². The first-order valence-electron chi connectivity index (χ1n) is 5.61. The molecule has 1 amide bonds. The van der Waals surface area contributed by atoms with E-state index in [1.54, 1.807) is 0 Å². The van der Waals surface area contributed by atoms with Crippen LogP contribution in [0.5, 0.6) is 0 Å². The van der Waals surface area contributed by atoms with Gasteiger partial charge in [0.2, 0.25) is 0 Å². The zero-order valence-electron chi connectivity index (χ0n) is 9.50. The van der Waals surface area contributed by atoms with E-state index < -0.39 is 35.0 Å². The predicted octanol–water partition coefficient (Wildman–Crippen LogP) is 1.70. The standard InChI is InChI=1S/C12H12F3NO2/c13-7-5-9(14)11(10(15)6-7)12(18)16-3-1-8(17)2-4-16/h5-6,8,17H,1-4H2. The van der Waals surface area contributed by atoms with Crippen molar-refractivity contribution in [1.82, 2.24) is 4.90 Å². The first-order chi connectivity index (χ1) is 8.49. The van der Waals surface area contributed by atoms with Gasteiger partial charge in [-0.3, -0.25) is 4.79 Å². The minimum atomic E-state index is -1.20. The van der Waals surface area contributed by atoms with Gasteiger partial charge in [-0.15, -0.1) is 0 Å². The summed E-state index contributed by atoms with van der Waals surface area (Å²) in [5.74, 6) is -4.28. The van der Waals surface area contributed by atoms with E-state index in [1.165, 1.54) is 4.90 Å². The van der Waals surface area contributed by atoms with Gasteiger partial charge in [-0.05, 0) is 12.8 Å². The van der Waals surface area contributed by atoms with Crippen LogP contribution in [0.15, 0.2) is 12.1 Å². The molecule has 1 fully saturated rings. The Morgan fingerprint density at radius 1 is 1.17 bits per heavy atom. The maximum absolute atomic E-state index is 13.4. The van der Waals surface area contributed by atoms with Crippen molar-refractivity contribution in [1.29, 1.82) is 0 Å². The van der Waals surface area contributed by atoms with E-state index in [9.17, 15) is 23.1 Å². The van der Waals surface area contributed by atoms with Crippen molar-refractivity contribution >= 4 is 5.91 Å². The van der Waals surface area contributed by atoms with E-state index in [0.717, 1.165) is 0 Å². The summed E-state index contributed by atoms with van der Waals surface area (Å²) in [7, 11) is 0. The summed E-state index contributed by atoms with van der Waals surface area (Å²) in [6, 6.07) is 0.963. The lowest BCUT2D eigenvalue weighted by molar-refractivity contribution is 0.0538. The van der Waals surface area contributed by atoms with Gasteiger partial charge in [-0.25, -0.2) is 13.2 Å². The van der Waals surface area contributed by atoms with Crippen LogP contribution in [0, 0.1) is 17.5 Å². The summed E-state index contributed by atoms with van der Waals surface area (Å²) >= 11 is 0. The first kappa shape index (κ1) is 12.9. The van der Waals surface area contributed by atoms with Gasteiger partial charge in [0, 0.05) is 25.2 Å². The topological polar surface area (TPSA) is 40.5 Å². The molecule has 0 aromatic heterocycles. The van der Waals surface area contributed by atoms with Gasteiger partial charge in [0.05, 0.1) is 6.10 Å². The highest BCUT2D eigenvalue weighted by Crippen LogP contribution is 2.19. The molecule has 1 saturated heterocycles. The van der Waals surface area contributed by atoms with E-state index in [1.807, 2.05) is 0 Å². The highest BCUT2D eigenvalue weighted by molar-refractivity contribution is 5.94. The molecule has 0 aliphatic carbocycles. The summed E-state index contributed by atoms with van der Waals surface area (Å²) in [5, 5.41) is 9.29. The second-order valence-electron chi connectivity index (χ2n) is 4.27. The van der Waals surface area contributed by atoms with Crippen LogP contribution in [0.2, 0.25) is 0 Å². The number of benzene rings is 1. The zero-order valence-corrected chi connectivity index (χ0v) is 9.50. The molecule has 0 atom stereocenters. The van der Waals surface area contributed by atoms with Gasteiger partial charge < -0.3 is 10.0 Å². The number of nitrogens with zero attached hydrogens (tertiary/aromatic N) is 1. The summed E-state index contributed by atoms with van der Waals surface area (Å²) in [6.07, 6.45) is 0.253.